The Labute approximate surface area is 111 Å². The summed E-state index contributed by atoms with van der Waals surface area (Å²) in [5, 5.41) is 2.75. The van der Waals surface area contributed by atoms with Crippen LogP contribution in [0.2, 0.25) is 5.02 Å². The number of hydrogen-bond donors (Lipinski definition) is 1. The van der Waals surface area contributed by atoms with Gasteiger partial charge in [0, 0.05) is 0 Å². The van der Waals surface area contributed by atoms with Gasteiger partial charge in [0.1, 0.15) is 11.6 Å². The predicted octanol–water partition coefficient (Wildman–Crippen LogP) is 3.62. The smallest absolute Gasteiger partial charge is 0.328 e. The largest absolute Gasteiger partial charge is 0.458 e. The lowest BCUT2D eigenvalue weighted by Gasteiger charge is -2.23. The Balaban J connectivity index is 2.73. The van der Waals surface area contributed by atoms with Crippen molar-refractivity contribution in [1.29, 1.82) is 0 Å². The SMILES string of the molecule is CC(Nc1cccc(Cl)c1F)C(=O)OC(C)(C)C. The first-order valence-electron chi connectivity index (χ1n) is 5.64. The molecule has 1 rings (SSSR count). The van der Waals surface area contributed by atoms with Crippen LogP contribution in [0, 0.1) is 5.82 Å². The molecule has 0 aromatic heterocycles. The molecule has 5 heteroatoms. The zero-order chi connectivity index (χ0) is 13.9. The van der Waals surface area contributed by atoms with E-state index in [9.17, 15) is 9.18 Å². The van der Waals surface area contributed by atoms with E-state index in [1.54, 1.807) is 33.8 Å². The third-order valence-corrected chi connectivity index (χ3v) is 2.38. The Morgan fingerprint density at radius 2 is 2.06 bits per heavy atom. The molecule has 100 valence electrons. The molecule has 0 amide bonds. The van der Waals surface area contributed by atoms with Gasteiger partial charge in [0.2, 0.25) is 0 Å². The summed E-state index contributed by atoms with van der Waals surface area (Å²) >= 11 is 5.65. The Morgan fingerprint density at radius 1 is 1.44 bits per heavy atom. The Kier molecular flexibility index (Phi) is 4.57. The lowest BCUT2D eigenvalue weighted by Crippen LogP contribution is -2.34. The third-order valence-electron chi connectivity index (χ3n) is 2.08. The summed E-state index contributed by atoms with van der Waals surface area (Å²) in [7, 11) is 0. The van der Waals surface area contributed by atoms with E-state index in [0.29, 0.717) is 0 Å². The molecule has 1 aromatic carbocycles. The van der Waals surface area contributed by atoms with Crippen molar-refractivity contribution in [2.75, 3.05) is 5.32 Å². The second-order valence-electron chi connectivity index (χ2n) is 5.00. The standard InChI is InChI=1S/C13H17ClFNO2/c1-8(12(17)18-13(2,3)4)16-10-7-5-6-9(14)11(10)15/h5-8,16H,1-4H3. The van der Waals surface area contributed by atoms with Crippen LogP contribution < -0.4 is 5.32 Å². The highest BCUT2D eigenvalue weighted by atomic mass is 35.5. The van der Waals surface area contributed by atoms with E-state index in [1.807, 2.05) is 0 Å². The lowest BCUT2D eigenvalue weighted by atomic mass is 10.2. The van der Waals surface area contributed by atoms with E-state index < -0.39 is 23.4 Å². The fourth-order valence-corrected chi connectivity index (χ4v) is 1.47. The van der Waals surface area contributed by atoms with Gasteiger partial charge in [0.05, 0.1) is 10.7 Å². The van der Waals surface area contributed by atoms with Crippen LogP contribution in [0.15, 0.2) is 18.2 Å². The van der Waals surface area contributed by atoms with Crippen molar-refractivity contribution in [1.82, 2.24) is 0 Å². The second kappa shape index (κ2) is 5.57. The Bertz CT molecular complexity index is 443. The average molecular weight is 274 g/mol. The average Bonchev–Trinajstić information content (AvgIpc) is 2.22. The van der Waals surface area contributed by atoms with Crippen molar-refractivity contribution in [3.63, 3.8) is 0 Å². The highest BCUT2D eigenvalue weighted by Gasteiger charge is 2.22. The zero-order valence-electron chi connectivity index (χ0n) is 10.9. The first kappa shape index (κ1) is 14.8. The van der Waals surface area contributed by atoms with Crippen molar-refractivity contribution < 1.29 is 13.9 Å². The van der Waals surface area contributed by atoms with E-state index in [-0.39, 0.29) is 10.7 Å². The molecule has 0 spiro atoms. The van der Waals surface area contributed by atoms with E-state index in [1.165, 1.54) is 12.1 Å². The van der Waals surface area contributed by atoms with E-state index in [4.69, 9.17) is 16.3 Å². The minimum atomic E-state index is -0.655. The van der Waals surface area contributed by atoms with Gasteiger partial charge in [0.25, 0.3) is 0 Å². The summed E-state index contributed by atoms with van der Waals surface area (Å²) in [6, 6.07) is 3.91. The summed E-state index contributed by atoms with van der Waals surface area (Å²) < 4.78 is 18.8. The van der Waals surface area contributed by atoms with Gasteiger partial charge in [-0.2, -0.15) is 0 Å². The Hall–Kier alpha value is -1.29. The number of hydrogen-bond acceptors (Lipinski definition) is 3. The maximum absolute atomic E-state index is 13.6. The van der Waals surface area contributed by atoms with Crippen LogP contribution in [0.5, 0.6) is 0 Å². The maximum atomic E-state index is 13.6. The van der Waals surface area contributed by atoms with Gasteiger partial charge in [-0.15, -0.1) is 0 Å². The van der Waals surface area contributed by atoms with E-state index >= 15 is 0 Å². The summed E-state index contributed by atoms with van der Waals surface area (Å²) in [4.78, 5) is 11.7. The topological polar surface area (TPSA) is 38.3 Å². The first-order valence-corrected chi connectivity index (χ1v) is 6.02. The molecule has 0 radical (unpaired) electrons. The summed E-state index contributed by atoms with van der Waals surface area (Å²) in [5.41, 5.74) is -0.388. The molecule has 0 saturated heterocycles. The molecular weight excluding hydrogens is 257 g/mol. The fourth-order valence-electron chi connectivity index (χ4n) is 1.30. The number of benzene rings is 1. The Morgan fingerprint density at radius 3 is 2.61 bits per heavy atom. The predicted molar refractivity (Wildman–Crippen MR) is 70.3 cm³/mol. The summed E-state index contributed by atoms with van der Waals surface area (Å²) in [5.74, 6) is -1.02. The molecule has 1 N–H and O–H groups in total. The highest BCUT2D eigenvalue weighted by Crippen LogP contribution is 2.23. The van der Waals surface area contributed by atoms with Gasteiger partial charge >= 0.3 is 5.97 Å². The summed E-state index contributed by atoms with van der Waals surface area (Å²) in [6.07, 6.45) is 0. The van der Waals surface area contributed by atoms with Gasteiger partial charge in [-0.25, -0.2) is 9.18 Å². The quantitative estimate of drug-likeness (QED) is 0.855. The van der Waals surface area contributed by atoms with Crippen molar-refractivity contribution in [3.8, 4) is 0 Å². The van der Waals surface area contributed by atoms with E-state index in [0.717, 1.165) is 0 Å². The molecule has 0 heterocycles. The van der Waals surface area contributed by atoms with Crippen molar-refractivity contribution in [2.24, 2.45) is 0 Å². The van der Waals surface area contributed by atoms with Crippen LogP contribution in [0.1, 0.15) is 27.7 Å². The molecule has 0 aliphatic heterocycles. The minimum absolute atomic E-state index is 0.0105. The van der Waals surface area contributed by atoms with Crippen LogP contribution in [0.4, 0.5) is 10.1 Å². The molecule has 0 aliphatic carbocycles. The zero-order valence-corrected chi connectivity index (χ0v) is 11.6. The third kappa shape index (κ3) is 4.18. The molecule has 3 nitrogen and oxygen atoms in total. The highest BCUT2D eigenvalue weighted by molar-refractivity contribution is 6.31. The number of nitrogens with one attached hydrogen (secondary N) is 1. The molecule has 1 aromatic rings. The van der Waals surface area contributed by atoms with Crippen LogP contribution in [0.25, 0.3) is 0 Å². The molecule has 1 atom stereocenters. The van der Waals surface area contributed by atoms with Gasteiger partial charge in [0.15, 0.2) is 5.82 Å². The number of carbonyl (C=O) groups is 1. The van der Waals surface area contributed by atoms with Crippen molar-refractivity contribution in [2.45, 2.75) is 39.3 Å². The van der Waals surface area contributed by atoms with Crippen molar-refractivity contribution in [3.05, 3.63) is 29.0 Å². The molecule has 18 heavy (non-hydrogen) atoms. The number of carbonyl (C=O) groups excluding carboxylic acids is 1. The molecular formula is C13H17ClFNO2. The van der Waals surface area contributed by atoms with Gasteiger partial charge < -0.3 is 10.1 Å². The maximum Gasteiger partial charge on any atom is 0.328 e. The number of anilines is 1. The van der Waals surface area contributed by atoms with Crippen LogP contribution in [-0.4, -0.2) is 17.6 Å². The van der Waals surface area contributed by atoms with Crippen molar-refractivity contribution >= 4 is 23.3 Å². The normalized spacial score (nSPS) is 13.0. The van der Waals surface area contributed by atoms with Gasteiger partial charge in [-0.05, 0) is 39.8 Å². The van der Waals surface area contributed by atoms with E-state index in [2.05, 4.69) is 5.32 Å². The molecule has 0 fully saturated rings. The summed E-state index contributed by atoms with van der Waals surface area (Å²) in [6.45, 7) is 6.93. The number of halogens is 2. The molecule has 0 aliphatic rings. The second-order valence-corrected chi connectivity index (χ2v) is 5.41. The number of rotatable bonds is 3. The monoisotopic (exact) mass is 273 g/mol. The van der Waals surface area contributed by atoms with Gasteiger partial charge in [-0.1, -0.05) is 17.7 Å². The van der Waals surface area contributed by atoms with Crippen LogP contribution in [0.3, 0.4) is 0 Å². The molecule has 0 bridgehead atoms. The van der Waals surface area contributed by atoms with Crippen LogP contribution >= 0.6 is 11.6 Å². The minimum Gasteiger partial charge on any atom is -0.458 e. The van der Waals surface area contributed by atoms with Crippen LogP contribution in [-0.2, 0) is 9.53 Å². The number of ether oxygens (including phenoxy) is 1. The lowest BCUT2D eigenvalue weighted by molar-refractivity contribution is -0.155. The molecule has 0 saturated carbocycles. The fraction of sp³-hybridized carbons (Fsp3) is 0.462. The number of esters is 1. The first-order chi connectivity index (χ1) is 8.20. The van der Waals surface area contributed by atoms with Gasteiger partial charge in [-0.3, -0.25) is 0 Å². The molecule has 1 unspecified atom stereocenters.